The Labute approximate surface area is 165 Å². The van der Waals surface area contributed by atoms with Crippen LogP contribution < -0.4 is 4.90 Å². The topological polar surface area (TPSA) is 27.0 Å². The van der Waals surface area contributed by atoms with Gasteiger partial charge in [0.05, 0.1) is 22.6 Å². The molecule has 0 unspecified atom stereocenters. The third kappa shape index (κ3) is 2.72. The fourth-order valence-corrected chi connectivity index (χ4v) is 5.04. The minimum atomic E-state index is 0.702. The maximum atomic E-state index is 9.69. The number of nitrogens with zero attached hydrogens (tertiary/aromatic N) is 2. The van der Waals surface area contributed by atoms with Gasteiger partial charge in [0.2, 0.25) is 0 Å². The highest BCUT2D eigenvalue weighted by Crippen LogP contribution is 2.53. The fourth-order valence-electron chi connectivity index (χ4n) is 3.08. The average Bonchev–Trinajstić information content (AvgIpc) is 2.62. The summed E-state index contributed by atoms with van der Waals surface area (Å²) in [5.41, 5.74) is 6.47. The summed E-state index contributed by atoms with van der Waals surface area (Å²) in [6, 6.07) is 21.2. The van der Waals surface area contributed by atoms with E-state index in [-0.39, 0.29) is 0 Å². The zero-order chi connectivity index (χ0) is 17.6. The van der Waals surface area contributed by atoms with Crippen molar-refractivity contribution in [2.45, 2.75) is 23.6 Å². The number of halogens is 1. The summed E-state index contributed by atoms with van der Waals surface area (Å²) in [5.74, 6) is 0. The van der Waals surface area contributed by atoms with E-state index in [0.717, 1.165) is 22.0 Å². The van der Waals surface area contributed by atoms with Crippen molar-refractivity contribution in [3.8, 4) is 6.07 Å². The molecule has 1 aliphatic rings. The maximum absolute atomic E-state index is 9.69. The van der Waals surface area contributed by atoms with Gasteiger partial charge in [-0.1, -0.05) is 30.0 Å². The SMILES string of the molecule is Cc1cc(I)c(N2c3ccccc3Sc3cccc(C#N)c32)cc1C. The molecular weight excluding hydrogens is 439 g/mol. The Hall–Kier alpha value is -1.97. The lowest BCUT2D eigenvalue weighted by atomic mass is 10.1. The number of hydrogen-bond acceptors (Lipinski definition) is 3. The minimum absolute atomic E-state index is 0.702. The summed E-state index contributed by atoms with van der Waals surface area (Å²) in [6.07, 6.45) is 0. The molecule has 1 heterocycles. The molecule has 2 nitrogen and oxygen atoms in total. The van der Waals surface area contributed by atoms with Crippen molar-refractivity contribution >= 4 is 51.4 Å². The van der Waals surface area contributed by atoms with Gasteiger partial charge in [-0.2, -0.15) is 5.26 Å². The van der Waals surface area contributed by atoms with Crippen molar-refractivity contribution in [3.63, 3.8) is 0 Å². The van der Waals surface area contributed by atoms with E-state index in [2.05, 4.69) is 89.9 Å². The van der Waals surface area contributed by atoms with E-state index in [9.17, 15) is 5.26 Å². The first kappa shape index (κ1) is 16.5. The van der Waals surface area contributed by atoms with E-state index in [4.69, 9.17) is 0 Å². The summed E-state index contributed by atoms with van der Waals surface area (Å²) in [6.45, 7) is 4.27. The van der Waals surface area contributed by atoms with Gasteiger partial charge in [0.1, 0.15) is 6.07 Å². The molecule has 4 rings (SSSR count). The first-order chi connectivity index (χ1) is 12.1. The highest BCUT2D eigenvalue weighted by molar-refractivity contribution is 14.1. The van der Waals surface area contributed by atoms with Gasteiger partial charge in [-0.3, -0.25) is 0 Å². The summed E-state index contributed by atoms with van der Waals surface area (Å²) in [7, 11) is 0. The Kier molecular flexibility index (Phi) is 4.22. The molecule has 122 valence electrons. The van der Waals surface area contributed by atoms with Crippen LogP contribution in [0.4, 0.5) is 17.1 Å². The lowest BCUT2D eigenvalue weighted by Gasteiger charge is -2.34. The van der Waals surface area contributed by atoms with Gasteiger partial charge in [-0.15, -0.1) is 0 Å². The minimum Gasteiger partial charge on any atom is -0.306 e. The molecule has 0 spiro atoms. The zero-order valence-electron chi connectivity index (χ0n) is 13.9. The van der Waals surface area contributed by atoms with Gasteiger partial charge >= 0.3 is 0 Å². The second kappa shape index (κ2) is 6.40. The molecule has 3 aromatic carbocycles. The van der Waals surface area contributed by atoms with Crippen molar-refractivity contribution < 1.29 is 0 Å². The van der Waals surface area contributed by atoms with Crippen molar-refractivity contribution in [1.82, 2.24) is 0 Å². The van der Waals surface area contributed by atoms with Crippen LogP contribution in [0.5, 0.6) is 0 Å². The van der Waals surface area contributed by atoms with Crippen LogP contribution in [0.25, 0.3) is 0 Å². The van der Waals surface area contributed by atoms with Crippen LogP contribution in [0.15, 0.2) is 64.4 Å². The zero-order valence-corrected chi connectivity index (χ0v) is 16.9. The first-order valence-electron chi connectivity index (χ1n) is 7.97. The Morgan fingerprint density at radius 3 is 2.44 bits per heavy atom. The van der Waals surface area contributed by atoms with Gasteiger partial charge in [0.15, 0.2) is 0 Å². The first-order valence-corrected chi connectivity index (χ1v) is 9.86. The summed E-state index contributed by atoms with van der Waals surface area (Å²) in [4.78, 5) is 4.57. The van der Waals surface area contributed by atoms with Crippen LogP contribution in [0.3, 0.4) is 0 Å². The average molecular weight is 454 g/mol. The van der Waals surface area contributed by atoms with Crippen LogP contribution in [0, 0.1) is 28.7 Å². The molecule has 0 fully saturated rings. The van der Waals surface area contributed by atoms with E-state index in [1.54, 1.807) is 11.8 Å². The molecule has 0 atom stereocenters. The van der Waals surface area contributed by atoms with E-state index >= 15 is 0 Å². The molecule has 0 aromatic heterocycles. The number of benzene rings is 3. The monoisotopic (exact) mass is 454 g/mol. The van der Waals surface area contributed by atoms with Crippen molar-refractivity contribution in [3.05, 3.63) is 74.9 Å². The van der Waals surface area contributed by atoms with E-state index in [1.165, 1.54) is 19.6 Å². The van der Waals surface area contributed by atoms with Crippen LogP contribution >= 0.6 is 34.4 Å². The van der Waals surface area contributed by atoms with Crippen LogP contribution in [0.2, 0.25) is 0 Å². The van der Waals surface area contributed by atoms with Gasteiger partial charge < -0.3 is 4.90 Å². The molecule has 0 radical (unpaired) electrons. The Balaban J connectivity index is 2.06. The van der Waals surface area contributed by atoms with Crippen molar-refractivity contribution in [2.75, 3.05) is 4.90 Å². The molecule has 0 aliphatic carbocycles. The third-order valence-electron chi connectivity index (χ3n) is 4.47. The van der Waals surface area contributed by atoms with Gasteiger partial charge in [0, 0.05) is 13.4 Å². The third-order valence-corrected chi connectivity index (χ3v) is 6.45. The molecule has 0 bridgehead atoms. The number of rotatable bonds is 1. The normalized spacial score (nSPS) is 12.3. The predicted molar refractivity (Wildman–Crippen MR) is 112 cm³/mol. The molecule has 0 N–H and O–H groups in total. The van der Waals surface area contributed by atoms with Gasteiger partial charge in [-0.25, -0.2) is 0 Å². The standard InChI is InChI=1S/C21H15IN2S/c1-13-10-16(22)18(11-14(13)2)24-17-7-3-4-8-19(17)25-20-9-5-6-15(12-23)21(20)24/h3-11H,1-2H3. The summed E-state index contributed by atoms with van der Waals surface area (Å²) < 4.78 is 1.18. The fraction of sp³-hybridized carbons (Fsp3) is 0.0952. The van der Waals surface area contributed by atoms with E-state index in [0.29, 0.717) is 5.56 Å². The molecule has 25 heavy (non-hydrogen) atoms. The summed E-state index contributed by atoms with van der Waals surface area (Å²) >= 11 is 4.12. The summed E-state index contributed by atoms with van der Waals surface area (Å²) in [5, 5.41) is 9.69. The number of anilines is 3. The molecule has 0 amide bonds. The van der Waals surface area contributed by atoms with Crippen LogP contribution in [0.1, 0.15) is 16.7 Å². The number of aryl methyl sites for hydroxylation is 2. The maximum Gasteiger partial charge on any atom is 0.101 e. The Morgan fingerprint density at radius 2 is 1.64 bits per heavy atom. The van der Waals surface area contributed by atoms with Gasteiger partial charge in [0.25, 0.3) is 0 Å². The van der Waals surface area contributed by atoms with E-state index < -0.39 is 0 Å². The second-order valence-corrected chi connectivity index (χ2v) is 8.30. The number of nitriles is 1. The Morgan fingerprint density at radius 1 is 0.920 bits per heavy atom. The van der Waals surface area contributed by atoms with Crippen molar-refractivity contribution in [2.24, 2.45) is 0 Å². The number of hydrogen-bond donors (Lipinski definition) is 0. The lowest BCUT2D eigenvalue weighted by Crippen LogP contribution is -2.17. The predicted octanol–water partition coefficient (Wildman–Crippen LogP) is 6.71. The highest BCUT2D eigenvalue weighted by atomic mass is 127. The van der Waals surface area contributed by atoms with Crippen LogP contribution in [-0.2, 0) is 0 Å². The molecule has 3 aromatic rings. The molecule has 0 saturated heterocycles. The quantitative estimate of drug-likeness (QED) is 0.299. The number of para-hydroxylation sites is 2. The van der Waals surface area contributed by atoms with Gasteiger partial charge in [-0.05, 0) is 84.0 Å². The smallest absolute Gasteiger partial charge is 0.101 e. The largest absolute Gasteiger partial charge is 0.306 e. The number of fused-ring (bicyclic) bond motifs is 2. The Bertz CT molecular complexity index is 1040. The van der Waals surface area contributed by atoms with E-state index in [1.807, 2.05) is 12.1 Å². The molecular formula is C21H15IN2S. The lowest BCUT2D eigenvalue weighted by molar-refractivity contribution is 1.14. The second-order valence-electron chi connectivity index (χ2n) is 6.06. The molecule has 4 heteroatoms. The highest BCUT2D eigenvalue weighted by Gasteiger charge is 2.28. The van der Waals surface area contributed by atoms with Crippen molar-refractivity contribution in [1.29, 1.82) is 5.26 Å². The van der Waals surface area contributed by atoms with Crippen LogP contribution in [-0.4, -0.2) is 0 Å². The molecule has 1 aliphatic heterocycles. The molecule has 0 saturated carbocycles.